The maximum absolute atomic E-state index is 12.5. The first-order chi connectivity index (χ1) is 12.5. The highest BCUT2D eigenvalue weighted by molar-refractivity contribution is 9.10. The number of amides is 1. The molecule has 3 rings (SSSR count). The van der Waals surface area contributed by atoms with Gasteiger partial charge in [-0.1, -0.05) is 51.3 Å². The molecule has 1 aromatic heterocycles. The van der Waals surface area contributed by atoms with Crippen LogP contribution in [0.2, 0.25) is 10.0 Å². The number of hydrogen-bond donors (Lipinski definition) is 1. The van der Waals surface area contributed by atoms with Gasteiger partial charge in [-0.15, -0.1) is 0 Å². The molecule has 0 fully saturated rings. The summed E-state index contributed by atoms with van der Waals surface area (Å²) in [7, 11) is 1.45. The second-order valence-electron chi connectivity index (χ2n) is 5.42. The number of halogens is 3. The van der Waals surface area contributed by atoms with Gasteiger partial charge in [-0.25, -0.2) is 0 Å². The predicted octanol–water partition coefficient (Wildman–Crippen LogP) is 5.95. The van der Waals surface area contributed by atoms with Crippen LogP contribution in [0, 0.1) is 0 Å². The second-order valence-corrected chi connectivity index (χ2v) is 7.18. The van der Waals surface area contributed by atoms with E-state index < -0.39 is 0 Å². The van der Waals surface area contributed by atoms with E-state index in [1.807, 2.05) is 36.4 Å². The van der Waals surface area contributed by atoms with Crippen LogP contribution in [0.4, 0.5) is 0 Å². The number of nitrogens with one attached hydrogen (secondary N) is 1. The van der Waals surface area contributed by atoms with E-state index in [0.717, 1.165) is 15.8 Å². The van der Waals surface area contributed by atoms with Crippen LogP contribution in [-0.4, -0.2) is 13.0 Å². The molecular weight excluding hydrogens is 441 g/mol. The zero-order valence-electron chi connectivity index (χ0n) is 13.7. The van der Waals surface area contributed by atoms with Gasteiger partial charge in [-0.2, -0.15) is 0 Å². The van der Waals surface area contributed by atoms with Crippen molar-refractivity contribution in [2.45, 2.75) is 6.54 Å². The lowest BCUT2D eigenvalue weighted by atomic mass is 10.2. The number of ether oxygens (including phenoxy) is 1. The van der Waals surface area contributed by atoms with Crippen molar-refractivity contribution >= 4 is 45.0 Å². The second kappa shape index (κ2) is 8.16. The first-order valence-electron chi connectivity index (χ1n) is 7.64. The fourth-order valence-electron chi connectivity index (χ4n) is 2.44. The van der Waals surface area contributed by atoms with Crippen molar-refractivity contribution < 1.29 is 13.9 Å². The number of furan rings is 1. The molecule has 0 unspecified atom stereocenters. The molecule has 1 heterocycles. The van der Waals surface area contributed by atoms with Gasteiger partial charge in [-0.3, -0.25) is 4.79 Å². The minimum absolute atomic E-state index is 0.225. The number of carbonyl (C=O) groups is 1. The first-order valence-corrected chi connectivity index (χ1v) is 9.18. The molecule has 0 aliphatic rings. The van der Waals surface area contributed by atoms with Gasteiger partial charge < -0.3 is 14.5 Å². The molecule has 0 aliphatic carbocycles. The lowest BCUT2D eigenvalue weighted by Crippen LogP contribution is -2.23. The summed E-state index contributed by atoms with van der Waals surface area (Å²) in [6, 6.07) is 14.5. The summed E-state index contributed by atoms with van der Waals surface area (Å²) in [4.78, 5) is 12.5. The van der Waals surface area contributed by atoms with Gasteiger partial charge >= 0.3 is 0 Å². The van der Waals surface area contributed by atoms with Crippen LogP contribution in [-0.2, 0) is 6.54 Å². The minimum Gasteiger partial charge on any atom is -0.494 e. The van der Waals surface area contributed by atoms with Crippen molar-refractivity contribution in [1.29, 1.82) is 0 Å². The van der Waals surface area contributed by atoms with Crippen LogP contribution < -0.4 is 10.1 Å². The molecule has 0 atom stereocenters. The fourth-order valence-corrected chi connectivity index (χ4v) is 3.28. The molecule has 0 saturated carbocycles. The molecule has 0 saturated heterocycles. The highest BCUT2D eigenvalue weighted by Gasteiger charge is 2.17. The molecule has 1 amide bonds. The van der Waals surface area contributed by atoms with Gasteiger partial charge in [0.15, 0.2) is 0 Å². The Hall–Kier alpha value is -1.95. The quantitative estimate of drug-likeness (QED) is 0.517. The molecule has 3 aromatic rings. The third-order valence-electron chi connectivity index (χ3n) is 3.67. The Morgan fingerprint density at radius 1 is 1.15 bits per heavy atom. The third-order valence-corrected chi connectivity index (χ3v) is 4.70. The topological polar surface area (TPSA) is 51.5 Å². The van der Waals surface area contributed by atoms with Crippen LogP contribution in [0.5, 0.6) is 5.75 Å². The van der Waals surface area contributed by atoms with Crippen LogP contribution in [0.3, 0.4) is 0 Å². The molecular formula is C19H14BrCl2NO3. The van der Waals surface area contributed by atoms with E-state index in [-0.39, 0.29) is 28.8 Å². The molecule has 134 valence electrons. The van der Waals surface area contributed by atoms with Gasteiger partial charge in [-0.05, 0) is 36.4 Å². The standard InChI is InChI=1S/C19H14BrCl2NO3/c1-25-18-15(8-13(21)9-16(18)22)19(24)23-10-14-6-7-17(26-14)11-2-4-12(20)5-3-11/h2-9H,10H2,1H3,(H,23,24). The highest BCUT2D eigenvalue weighted by Crippen LogP contribution is 2.32. The Morgan fingerprint density at radius 3 is 2.58 bits per heavy atom. The molecule has 0 radical (unpaired) electrons. The largest absolute Gasteiger partial charge is 0.494 e. The predicted molar refractivity (Wildman–Crippen MR) is 106 cm³/mol. The molecule has 0 bridgehead atoms. The lowest BCUT2D eigenvalue weighted by molar-refractivity contribution is 0.0945. The van der Waals surface area contributed by atoms with Gasteiger partial charge in [0.1, 0.15) is 17.3 Å². The highest BCUT2D eigenvalue weighted by atomic mass is 79.9. The van der Waals surface area contributed by atoms with Gasteiger partial charge in [0.05, 0.1) is 24.2 Å². The van der Waals surface area contributed by atoms with Gasteiger partial charge in [0, 0.05) is 15.1 Å². The van der Waals surface area contributed by atoms with Crippen molar-refractivity contribution in [3.8, 4) is 17.1 Å². The van der Waals surface area contributed by atoms with E-state index in [9.17, 15) is 4.79 Å². The number of benzene rings is 2. The average Bonchev–Trinajstić information content (AvgIpc) is 3.08. The molecule has 2 aromatic carbocycles. The van der Waals surface area contributed by atoms with E-state index in [2.05, 4.69) is 21.2 Å². The average molecular weight is 455 g/mol. The summed E-state index contributed by atoms with van der Waals surface area (Å²) in [6.07, 6.45) is 0. The van der Waals surface area contributed by atoms with Crippen LogP contribution in [0.1, 0.15) is 16.1 Å². The first kappa shape index (κ1) is 18.8. The normalized spacial score (nSPS) is 10.6. The van der Waals surface area contributed by atoms with E-state index in [4.69, 9.17) is 32.4 Å². The maximum Gasteiger partial charge on any atom is 0.255 e. The lowest BCUT2D eigenvalue weighted by Gasteiger charge is -2.11. The minimum atomic E-state index is -0.354. The Morgan fingerprint density at radius 2 is 1.88 bits per heavy atom. The summed E-state index contributed by atoms with van der Waals surface area (Å²) in [5, 5.41) is 3.42. The molecule has 7 heteroatoms. The Bertz CT molecular complexity index is 938. The monoisotopic (exact) mass is 453 g/mol. The summed E-state index contributed by atoms with van der Waals surface area (Å²) >= 11 is 15.4. The SMILES string of the molecule is COc1c(Cl)cc(Cl)cc1C(=O)NCc1ccc(-c2ccc(Br)cc2)o1. The molecule has 4 nitrogen and oxygen atoms in total. The van der Waals surface area contributed by atoms with Crippen LogP contribution in [0.15, 0.2) is 57.4 Å². The Labute approximate surface area is 169 Å². The number of carbonyl (C=O) groups excluding carboxylic acids is 1. The van der Waals surface area contributed by atoms with Crippen molar-refractivity contribution in [1.82, 2.24) is 5.32 Å². The van der Waals surface area contributed by atoms with Crippen molar-refractivity contribution in [3.63, 3.8) is 0 Å². The molecule has 1 N–H and O–H groups in total. The number of methoxy groups -OCH3 is 1. The summed E-state index contributed by atoms with van der Waals surface area (Å²) in [5.74, 6) is 1.28. The fraction of sp³-hybridized carbons (Fsp3) is 0.105. The Balaban J connectivity index is 1.72. The zero-order valence-corrected chi connectivity index (χ0v) is 16.8. The smallest absolute Gasteiger partial charge is 0.255 e. The van der Waals surface area contributed by atoms with Gasteiger partial charge in [0.2, 0.25) is 0 Å². The van der Waals surface area contributed by atoms with Crippen LogP contribution >= 0.6 is 39.1 Å². The third kappa shape index (κ3) is 4.23. The van der Waals surface area contributed by atoms with Crippen molar-refractivity contribution in [2.75, 3.05) is 7.11 Å². The number of hydrogen-bond acceptors (Lipinski definition) is 3. The van der Waals surface area contributed by atoms with E-state index in [0.29, 0.717) is 10.8 Å². The van der Waals surface area contributed by atoms with Crippen LogP contribution in [0.25, 0.3) is 11.3 Å². The zero-order chi connectivity index (χ0) is 18.7. The van der Waals surface area contributed by atoms with E-state index in [1.54, 1.807) is 0 Å². The van der Waals surface area contributed by atoms with E-state index >= 15 is 0 Å². The molecule has 26 heavy (non-hydrogen) atoms. The molecule has 0 aliphatic heterocycles. The Kier molecular flexibility index (Phi) is 5.91. The van der Waals surface area contributed by atoms with Crippen molar-refractivity contribution in [2.24, 2.45) is 0 Å². The molecule has 0 spiro atoms. The summed E-state index contributed by atoms with van der Waals surface area (Å²) < 4.78 is 12.0. The summed E-state index contributed by atoms with van der Waals surface area (Å²) in [5.41, 5.74) is 1.22. The maximum atomic E-state index is 12.5. The van der Waals surface area contributed by atoms with Crippen molar-refractivity contribution in [3.05, 3.63) is 74.4 Å². The number of rotatable bonds is 5. The van der Waals surface area contributed by atoms with Gasteiger partial charge in [0.25, 0.3) is 5.91 Å². The van der Waals surface area contributed by atoms with E-state index in [1.165, 1.54) is 19.2 Å². The summed E-state index contributed by atoms with van der Waals surface area (Å²) in [6.45, 7) is 0.225.